The maximum atomic E-state index is 5.31. The van der Waals surface area contributed by atoms with Crippen LogP contribution < -0.4 is 0 Å². The Hall–Kier alpha value is -1.69. The lowest BCUT2D eigenvalue weighted by atomic mass is 10.0. The first kappa shape index (κ1) is 15.2. The highest BCUT2D eigenvalue weighted by Gasteiger charge is 2.25. The molecule has 3 heterocycles. The third-order valence-corrected chi connectivity index (χ3v) is 4.64. The van der Waals surface area contributed by atoms with Crippen LogP contribution in [0.5, 0.6) is 0 Å². The summed E-state index contributed by atoms with van der Waals surface area (Å²) in [7, 11) is 0. The van der Waals surface area contributed by atoms with E-state index in [0.29, 0.717) is 6.04 Å². The van der Waals surface area contributed by atoms with Crippen molar-refractivity contribution >= 4 is 0 Å². The zero-order valence-corrected chi connectivity index (χ0v) is 14.0. The van der Waals surface area contributed by atoms with Gasteiger partial charge in [0.25, 0.3) is 0 Å². The molecule has 0 aromatic carbocycles. The zero-order valence-electron chi connectivity index (χ0n) is 14.0. The average molecular weight is 303 g/mol. The molecule has 6 nitrogen and oxygen atoms in total. The van der Waals surface area contributed by atoms with Gasteiger partial charge in [0.05, 0.1) is 12.2 Å². The second-order valence-electron chi connectivity index (χ2n) is 6.31. The lowest BCUT2D eigenvalue weighted by molar-refractivity contribution is 0.120. The minimum Gasteiger partial charge on any atom is -0.361 e. The molecule has 0 saturated carbocycles. The van der Waals surface area contributed by atoms with Gasteiger partial charge < -0.3 is 4.52 Å². The number of aromatic nitrogens is 4. The van der Waals surface area contributed by atoms with Crippen LogP contribution in [-0.2, 0) is 13.1 Å². The fourth-order valence-electron chi connectivity index (χ4n) is 3.34. The molecule has 1 saturated heterocycles. The van der Waals surface area contributed by atoms with Gasteiger partial charge in [-0.25, -0.2) is 9.67 Å². The summed E-state index contributed by atoms with van der Waals surface area (Å²) in [4.78, 5) is 6.96. The first-order chi connectivity index (χ1) is 10.5. The third kappa shape index (κ3) is 3.06. The van der Waals surface area contributed by atoms with Crippen LogP contribution in [0, 0.1) is 27.7 Å². The molecule has 0 radical (unpaired) electrons. The summed E-state index contributed by atoms with van der Waals surface area (Å²) in [6.45, 7) is 11.0. The molecular formula is C16H25N5O. The Morgan fingerprint density at radius 2 is 2.00 bits per heavy atom. The standard InChI is InChI=1S/C16H25N5O/c1-11-16(12(2)22-19-11)10-20-8-6-5-7-15(20)9-21-14(4)17-13(3)18-21/h15H,5-10H2,1-4H3/t15-/m0/s1. The Kier molecular flexibility index (Phi) is 4.29. The van der Waals surface area contributed by atoms with Crippen molar-refractivity contribution in [3.05, 3.63) is 28.7 Å². The molecule has 1 atom stereocenters. The van der Waals surface area contributed by atoms with Gasteiger partial charge >= 0.3 is 0 Å². The number of piperidine rings is 1. The van der Waals surface area contributed by atoms with E-state index in [9.17, 15) is 0 Å². The van der Waals surface area contributed by atoms with E-state index in [1.807, 2.05) is 32.4 Å². The molecular weight excluding hydrogens is 278 g/mol. The maximum Gasteiger partial charge on any atom is 0.147 e. The van der Waals surface area contributed by atoms with Gasteiger partial charge in [0.1, 0.15) is 17.4 Å². The monoisotopic (exact) mass is 303 g/mol. The molecule has 0 bridgehead atoms. The van der Waals surface area contributed by atoms with Crippen LogP contribution in [0.3, 0.4) is 0 Å². The minimum atomic E-state index is 0.502. The molecule has 1 aliphatic rings. The van der Waals surface area contributed by atoms with Gasteiger partial charge in [-0.15, -0.1) is 0 Å². The Labute approximate surface area is 131 Å². The van der Waals surface area contributed by atoms with E-state index in [4.69, 9.17) is 4.52 Å². The van der Waals surface area contributed by atoms with Crippen LogP contribution in [0.15, 0.2) is 4.52 Å². The van der Waals surface area contributed by atoms with E-state index >= 15 is 0 Å². The minimum absolute atomic E-state index is 0.502. The van der Waals surface area contributed by atoms with E-state index in [2.05, 4.69) is 20.1 Å². The number of hydrogen-bond acceptors (Lipinski definition) is 5. The van der Waals surface area contributed by atoms with Gasteiger partial charge in [-0.1, -0.05) is 11.6 Å². The van der Waals surface area contributed by atoms with Crippen LogP contribution in [0.4, 0.5) is 0 Å². The van der Waals surface area contributed by atoms with Crippen LogP contribution in [0.1, 0.15) is 47.9 Å². The van der Waals surface area contributed by atoms with E-state index in [-0.39, 0.29) is 0 Å². The number of likely N-dealkylation sites (tertiary alicyclic amines) is 1. The van der Waals surface area contributed by atoms with Gasteiger partial charge in [-0.3, -0.25) is 4.90 Å². The number of nitrogens with zero attached hydrogens (tertiary/aromatic N) is 5. The van der Waals surface area contributed by atoms with E-state index in [0.717, 1.165) is 42.7 Å². The van der Waals surface area contributed by atoms with Crippen molar-refractivity contribution in [1.29, 1.82) is 0 Å². The molecule has 0 unspecified atom stereocenters. The molecule has 120 valence electrons. The number of aryl methyl sites for hydroxylation is 4. The van der Waals surface area contributed by atoms with Gasteiger partial charge in [0.15, 0.2) is 0 Å². The Morgan fingerprint density at radius 1 is 1.18 bits per heavy atom. The summed E-state index contributed by atoms with van der Waals surface area (Å²) in [5, 5.41) is 8.60. The zero-order chi connectivity index (χ0) is 15.7. The predicted octanol–water partition coefficient (Wildman–Crippen LogP) is 2.55. The first-order valence-electron chi connectivity index (χ1n) is 8.08. The van der Waals surface area contributed by atoms with Crippen molar-refractivity contribution in [2.75, 3.05) is 6.54 Å². The van der Waals surface area contributed by atoms with Gasteiger partial charge in [0.2, 0.25) is 0 Å². The Morgan fingerprint density at radius 3 is 2.64 bits per heavy atom. The highest BCUT2D eigenvalue weighted by Crippen LogP contribution is 2.23. The van der Waals surface area contributed by atoms with Crippen LogP contribution in [0.2, 0.25) is 0 Å². The third-order valence-electron chi connectivity index (χ3n) is 4.64. The molecule has 1 aliphatic heterocycles. The van der Waals surface area contributed by atoms with Crippen LogP contribution in [0.25, 0.3) is 0 Å². The van der Waals surface area contributed by atoms with E-state index in [1.54, 1.807) is 0 Å². The van der Waals surface area contributed by atoms with Crippen molar-refractivity contribution in [2.24, 2.45) is 0 Å². The van der Waals surface area contributed by atoms with Gasteiger partial charge in [0, 0.05) is 18.2 Å². The maximum absolute atomic E-state index is 5.31. The van der Waals surface area contributed by atoms with Gasteiger partial charge in [-0.05, 0) is 47.1 Å². The number of hydrogen-bond donors (Lipinski definition) is 0. The molecule has 0 spiro atoms. The van der Waals surface area contributed by atoms with Crippen molar-refractivity contribution in [3.63, 3.8) is 0 Å². The molecule has 2 aromatic rings. The SMILES string of the molecule is Cc1nc(C)n(C[C@@H]2CCCCN2Cc2c(C)noc2C)n1. The normalized spacial score (nSPS) is 19.7. The lowest BCUT2D eigenvalue weighted by Crippen LogP contribution is -2.42. The highest BCUT2D eigenvalue weighted by atomic mass is 16.5. The molecule has 0 amide bonds. The van der Waals surface area contributed by atoms with Crippen molar-refractivity contribution in [2.45, 2.75) is 66.1 Å². The van der Waals surface area contributed by atoms with E-state index in [1.165, 1.54) is 24.8 Å². The predicted molar refractivity (Wildman–Crippen MR) is 83.5 cm³/mol. The second kappa shape index (κ2) is 6.20. The summed E-state index contributed by atoms with van der Waals surface area (Å²) >= 11 is 0. The Balaban J connectivity index is 1.75. The smallest absolute Gasteiger partial charge is 0.147 e. The fraction of sp³-hybridized carbons (Fsp3) is 0.688. The molecule has 1 fully saturated rings. The molecule has 6 heteroatoms. The van der Waals surface area contributed by atoms with Crippen molar-refractivity contribution < 1.29 is 4.52 Å². The van der Waals surface area contributed by atoms with Crippen molar-refractivity contribution in [1.82, 2.24) is 24.8 Å². The van der Waals surface area contributed by atoms with E-state index < -0.39 is 0 Å². The van der Waals surface area contributed by atoms with Gasteiger partial charge in [-0.2, -0.15) is 5.10 Å². The fourth-order valence-corrected chi connectivity index (χ4v) is 3.34. The largest absolute Gasteiger partial charge is 0.361 e. The summed E-state index contributed by atoms with van der Waals surface area (Å²) in [6.07, 6.45) is 3.76. The van der Waals surface area contributed by atoms with Crippen LogP contribution in [-0.4, -0.2) is 37.4 Å². The quantitative estimate of drug-likeness (QED) is 0.868. The summed E-state index contributed by atoms with van der Waals surface area (Å²) in [5.74, 6) is 2.79. The lowest BCUT2D eigenvalue weighted by Gasteiger charge is -2.35. The molecule has 22 heavy (non-hydrogen) atoms. The van der Waals surface area contributed by atoms with Crippen LogP contribution >= 0.6 is 0 Å². The molecule has 2 aromatic heterocycles. The number of rotatable bonds is 4. The summed E-state index contributed by atoms with van der Waals surface area (Å²) < 4.78 is 7.36. The summed E-state index contributed by atoms with van der Waals surface area (Å²) in [6, 6.07) is 0.502. The molecule has 0 aliphatic carbocycles. The summed E-state index contributed by atoms with van der Waals surface area (Å²) in [5.41, 5.74) is 2.24. The topological polar surface area (TPSA) is 60.0 Å². The second-order valence-corrected chi connectivity index (χ2v) is 6.31. The highest BCUT2D eigenvalue weighted by molar-refractivity contribution is 5.20. The Bertz CT molecular complexity index is 626. The average Bonchev–Trinajstić information content (AvgIpc) is 2.96. The molecule has 0 N–H and O–H groups in total. The van der Waals surface area contributed by atoms with Crippen molar-refractivity contribution in [3.8, 4) is 0 Å². The first-order valence-corrected chi connectivity index (χ1v) is 8.08. The molecule has 3 rings (SSSR count).